The number of β-amino-alcohol motifs (C(OH)–C–C–N with tert-alkyl or cyclic N) is 1. The van der Waals surface area contributed by atoms with Crippen LogP contribution in [0.4, 0.5) is 0 Å². The predicted octanol–water partition coefficient (Wildman–Crippen LogP) is 1.98. The first-order chi connectivity index (χ1) is 9.69. The summed E-state index contributed by atoms with van der Waals surface area (Å²) in [6.45, 7) is 3.13. The Labute approximate surface area is 121 Å². The van der Waals surface area contributed by atoms with Gasteiger partial charge in [-0.25, -0.2) is 0 Å². The van der Waals surface area contributed by atoms with E-state index in [0.717, 1.165) is 17.0 Å². The van der Waals surface area contributed by atoms with Crippen LogP contribution in [0.2, 0.25) is 0 Å². The normalized spacial score (nSPS) is 22.4. The highest BCUT2D eigenvalue weighted by atomic mass is 32.1. The van der Waals surface area contributed by atoms with Crippen LogP contribution in [0.5, 0.6) is 0 Å². The van der Waals surface area contributed by atoms with Gasteiger partial charge in [0.2, 0.25) is 0 Å². The summed E-state index contributed by atoms with van der Waals surface area (Å²) >= 11 is 1.45. The molecule has 3 rings (SSSR count). The van der Waals surface area contributed by atoms with Gasteiger partial charge in [0.05, 0.1) is 21.6 Å². The van der Waals surface area contributed by atoms with Gasteiger partial charge < -0.3 is 10.0 Å². The fraction of sp³-hybridized carbons (Fsp3) is 0.429. The van der Waals surface area contributed by atoms with Crippen LogP contribution in [0.1, 0.15) is 23.0 Å². The third kappa shape index (κ3) is 2.36. The van der Waals surface area contributed by atoms with Crippen LogP contribution in [-0.4, -0.2) is 45.3 Å². The molecule has 6 heteroatoms. The van der Waals surface area contributed by atoms with Gasteiger partial charge in [-0.3, -0.25) is 9.89 Å². The Morgan fingerprint density at radius 2 is 2.35 bits per heavy atom. The van der Waals surface area contributed by atoms with Gasteiger partial charge >= 0.3 is 0 Å². The Bertz CT molecular complexity index is 593. The molecule has 0 spiro atoms. The number of likely N-dealkylation sites (tertiary alicyclic amines) is 1. The fourth-order valence-corrected chi connectivity index (χ4v) is 3.52. The molecule has 5 nitrogen and oxygen atoms in total. The lowest BCUT2D eigenvalue weighted by atomic mass is 10.0. The number of aliphatic hydroxyl groups is 1. The highest BCUT2D eigenvalue weighted by Gasteiger charge is 2.33. The van der Waals surface area contributed by atoms with Gasteiger partial charge in [0.15, 0.2) is 0 Å². The second-order valence-electron chi connectivity index (χ2n) is 5.08. The van der Waals surface area contributed by atoms with Crippen molar-refractivity contribution in [1.29, 1.82) is 0 Å². The quantitative estimate of drug-likeness (QED) is 0.908. The third-order valence-corrected chi connectivity index (χ3v) is 4.91. The number of carbonyl (C=O) groups is 1. The Kier molecular flexibility index (Phi) is 3.58. The van der Waals surface area contributed by atoms with E-state index in [1.807, 2.05) is 25.1 Å². The Morgan fingerprint density at radius 1 is 1.50 bits per heavy atom. The van der Waals surface area contributed by atoms with E-state index in [2.05, 4.69) is 10.2 Å². The zero-order chi connectivity index (χ0) is 14.1. The Morgan fingerprint density at radius 3 is 3.00 bits per heavy atom. The molecule has 20 heavy (non-hydrogen) atoms. The van der Waals surface area contributed by atoms with Crippen LogP contribution in [0.25, 0.3) is 10.6 Å². The monoisotopic (exact) mass is 291 g/mol. The average Bonchev–Trinajstić information content (AvgIpc) is 3.17. The number of aromatic nitrogens is 2. The average molecular weight is 291 g/mol. The lowest BCUT2D eigenvalue weighted by molar-refractivity contribution is 0.0769. The van der Waals surface area contributed by atoms with Gasteiger partial charge in [-0.2, -0.15) is 5.10 Å². The maximum atomic E-state index is 12.4. The van der Waals surface area contributed by atoms with E-state index < -0.39 is 6.10 Å². The second kappa shape index (κ2) is 5.38. The van der Waals surface area contributed by atoms with Crippen LogP contribution in [0, 0.1) is 5.92 Å². The summed E-state index contributed by atoms with van der Waals surface area (Å²) in [6.07, 6.45) is 2.20. The molecule has 2 atom stereocenters. The highest BCUT2D eigenvalue weighted by molar-refractivity contribution is 7.17. The van der Waals surface area contributed by atoms with E-state index in [1.54, 1.807) is 11.1 Å². The number of carbonyl (C=O) groups excluding carboxylic acids is 1. The van der Waals surface area contributed by atoms with Crippen molar-refractivity contribution in [2.24, 2.45) is 5.92 Å². The number of amides is 1. The molecule has 0 bridgehead atoms. The van der Waals surface area contributed by atoms with Crippen LogP contribution >= 0.6 is 11.3 Å². The molecule has 2 aromatic heterocycles. The SMILES string of the molecule is CCC1CN(C(=O)c2ccc(-c3ccn[nH]3)s2)CC1O. The molecule has 0 radical (unpaired) electrons. The summed E-state index contributed by atoms with van der Waals surface area (Å²) in [5, 5.41) is 16.7. The molecule has 3 heterocycles. The fourth-order valence-electron chi connectivity index (χ4n) is 2.57. The number of rotatable bonds is 3. The first-order valence-electron chi connectivity index (χ1n) is 6.76. The minimum atomic E-state index is -0.393. The summed E-state index contributed by atoms with van der Waals surface area (Å²) in [4.78, 5) is 15.9. The van der Waals surface area contributed by atoms with Crippen LogP contribution in [0.15, 0.2) is 24.4 Å². The van der Waals surface area contributed by atoms with Crippen molar-refractivity contribution in [3.05, 3.63) is 29.3 Å². The van der Waals surface area contributed by atoms with Gasteiger partial charge in [0, 0.05) is 25.2 Å². The van der Waals surface area contributed by atoms with E-state index in [0.29, 0.717) is 18.0 Å². The second-order valence-corrected chi connectivity index (χ2v) is 6.16. The van der Waals surface area contributed by atoms with Gasteiger partial charge in [0.1, 0.15) is 0 Å². The summed E-state index contributed by atoms with van der Waals surface area (Å²) in [6, 6.07) is 5.65. The first kappa shape index (κ1) is 13.3. The largest absolute Gasteiger partial charge is 0.391 e. The van der Waals surface area contributed by atoms with E-state index in [1.165, 1.54) is 11.3 Å². The maximum Gasteiger partial charge on any atom is 0.264 e. The Hall–Kier alpha value is -1.66. The molecule has 0 aliphatic carbocycles. The minimum absolute atomic E-state index is 0.00997. The smallest absolute Gasteiger partial charge is 0.264 e. The van der Waals surface area contributed by atoms with Crippen molar-refractivity contribution in [2.45, 2.75) is 19.4 Å². The van der Waals surface area contributed by atoms with Crippen LogP contribution < -0.4 is 0 Å². The van der Waals surface area contributed by atoms with Gasteiger partial charge in [-0.15, -0.1) is 11.3 Å². The van der Waals surface area contributed by atoms with Crippen LogP contribution in [-0.2, 0) is 0 Å². The first-order valence-corrected chi connectivity index (χ1v) is 7.57. The molecule has 106 valence electrons. The third-order valence-electron chi connectivity index (χ3n) is 3.80. The van der Waals surface area contributed by atoms with Gasteiger partial charge in [0.25, 0.3) is 5.91 Å². The van der Waals surface area contributed by atoms with Crippen molar-refractivity contribution in [3.8, 4) is 10.6 Å². The summed E-state index contributed by atoms with van der Waals surface area (Å²) in [5.41, 5.74) is 0.918. The summed E-state index contributed by atoms with van der Waals surface area (Å²) in [7, 11) is 0. The van der Waals surface area contributed by atoms with Crippen molar-refractivity contribution < 1.29 is 9.90 Å². The van der Waals surface area contributed by atoms with E-state index in [4.69, 9.17) is 0 Å². The Balaban J connectivity index is 1.75. The summed E-state index contributed by atoms with van der Waals surface area (Å²) in [5.74, 6) is 0.210. The van der Waals surface area contributed by atoms with Crippen LogP contribution in [0.3, 0.4) is 0 Å². The van der Waals surface area contributed by atoms with Crippen molar-refractivity contribution in [2.75, 3.05) is 13.1 Å². The number of thiophene rings is 1. The molecule has 1 amide bonds. The number of hydrogen-bond donors (Lipinski definition) is 2. The molecular weight excluding hydrogens is 274 g/mol. The molecule has 2 N–H and O–H groups in total. The number of H-pyrrole nitrogens is 1. The maximum absolute atomic E-state index is 12.4. The number of nitrogens with one attached hydrogen (secondary N) is 1. The van der Waals surface area contributed by atoms with Gasteiger partial charge in [-0.1, -0.05) is 6.92 Å². The van der Waals surface area contributed by atoms with Crippen molar-refractivity contribution >= 4 is 17.2 Å². The molecule has 0 saturated carbocycles. The van der Waals surface area contributed by atoms with Gasteiger partial charge in [-0.05, 0) is 24.6 Å². The predicted molar refractivity (Wildman–Crippen MR) is 77.6 cm³/mol. The number of hydrogen-bond acceptors (Lipinski definition) is 4. The molecule has 2 aromatic rings. The lowest BCUT2D eigenvalue weighted by Gasteiger charge is -2.14. The van der Waals surface area contributed by atoms with E-state index in [9.17, 15) is 9.90 Å². The number of aliphatic hydroxyl groups excluding tert-OH is 1. The standard InChI is InChI=1S/C14H17N3O2S/c1-2-9-7-17(8-11(9)18)14(19)13-4-3-12(20-13)10-5-6-15-16-10/h3-6,9,11,18H,2,7-8H2,1H3,(H,15,16). The van der Waals surface area contributed by atoms with Crippen molar-refractivity contribution in [1.82, 2.24) is 15.1 Å². The zero-order valence-corrected chi connectivity index (χ0v) is 12.1. The molecular formula is C14H17N3O2S. The van der Waals surface area contributed by atoms with E-state index >= 15 is 0 Å². The summed E-state index contributed by atoms with van der Waals surface area (Å²) < 4.78 is 0. The molecule has 1 fully saturated rings. The molecule has 0 aromatic carbocycles. The number of aromatic amines is 1. The molecule has 1 aliphatic rings. The highest BCUT2D eigenvalue weighted by Crippen LogP contribution is 2.29. The molecule has 1 aliphatic heterocycles. The molecule has 2 unspecified atom stereocenters. The topological polar surface area (TPSA) is 69.2 Å². The van der Waals surface area contributed by atoms with Crippen molar-refractivity contribution in [3.63, 3.8) is 0 Å². The number of nitrogens with zero attached hydrogens (tertiary/aromatic N) is 2. The molecule has 1 saturated heterocycles. The zero-order valence-electron chi connectivity index (χ0n) is 11.2. The van der Waals surface area contributed by atoms with E-state index in [-0.39, 0.29) is 11.8 Å². The minimum Gasteiger partial charge on any atom is -0.391 e. The lowest BCUT2D eigenvalue weighted by Crippen LogP contribution is -2.28.